The second kappa shape index (κ2) is 7.26. The van der Waals surface area contributed by atoms with Gasteiger partial charge < -0.3 is 26.0 Å². The summed E-state index contributed by atoms with van der Waals surface area (Å²) in [6.07, 6.45) is -0.0785. The minimum Gasteiger partial charge on any atom is -0.480 e. The molecule has 0 aromatic carbocycles. The lowest BCUT2D eigenvalue weighted by molar-refractivity contribution is -0.139. The number of urea groups is 1. The van der Waals surface area contributed by atoms with E-state index in [1.165, 1.54) is 0 Å². The minimum atomic E-state index is -1.17. The number of hydrogen-bond donors (Lipinski definition) is 3. The van der Waals surface area contributed by atoms with Crippen LogP contribution < -0.4 is 11.1 Å². The monoisotopic (exact) mass is 300 g/mol. The van der Waals surface area contributed by atoms with Gasteiger partial charge in [-0.3, -0.25) is 4.79 Å². The highest BCUT2D eigenvalue weighted by Gasteiger charge is 2.34. The molecule has 1 rings (SSSR count). The number of amides is 3. The molecule has 1 aliphatic rings. The lowest BCUT2D eigenvalue weighted by atomic mass is 10.1. The molecule has 1 fully saturated rings. The van der Waals surface area contributed by atoms with Gasteiger partial charge >= 0.3 is 12.0 Å². The van der Waals surface area contributed by atoms with Crippen molar-refractivity contribution in [2.75, 3.05) is 27.2 Å². The molecule has 0 aliphatic carbocycles. The SMILES string of the molecule is CC1CN(C(=O)N[C@@H](CCC(N)=O)C(=O)O)CC1N(C)C. The number of rotatable bonds is 6. The molecular formula is C13H24N4O4. The van der Waals surface area contributed by atoms with Crippen molar-refractivity contribution in [1.82, 2.24) is 15.1 Å². The number of likely N-dealkylation sites (N-methyl/N-ethyl adjacent to an activating group) is 1. The Morgan fingerprint density at radius 1 is 1.38 bits per heavy atom. The molecule has 0 aromatic heterocycles. The fraction of sp³-hybridized carbons (Fsp3) is 0.769. The molecule has 1 heterocycles. The molecule has 3 amide bonds. The number of hydrogen-bond acceptors (Lipinski definition) is 4. The van der Waals surface area contributed by atoms with E-state index in [4.69, 9.17) is 10.8 Å². The number of carbonyl (C=O) groups excluding carboxylic acids is 2. The third kappa shape index (κ3) is 4.89. The Morgan fingerprint density at radius 2 is 2.00 bits per heavy atom. The van der Waals surface area contributed by atoms with Crippen molar-refractivity contribution in [1.29, 1.82) is 0 Å². The molecule has 21 heavy (non-hydrogen) atoms. The number of carboxylic acid groups (broad SMARTS) is 1. The highest BCUT2D eigenvalue weighted by Crippen LogP contribution is 2.20. The maximum atomic E-state index is 12.1. The van der Waals surface area contributed by atoms with Crippen LogP contribution in [0.25, 0.3) is 0 Å². The Kier molecular flexibility index (Phi) is 5.95. The van der Waals surface area contributed by atoms with Crippen LogP contribution in [0.3, 0.4) is 0 Å². The first-order valence-corrected chi connectivity index (χ1v) is 6.95. The minimum absolute atomic E-state index is 0.00307. The molecule has 0 aromatic rings. The summed E-state index contributed by atoms with van der Waals surface area (Å²) in [7, 11) is 3.91. The van der Waals surface area contributed by atoms with Gasteiger partial charge in [-0.05, 0) is 26.4 Å². The summed E-state index contributed by atoms with van der Waals surface area (Å²) in [5, 5.41) is 11.5. The van der Waals surface area contributed by atoms with Crippen LogP contribution in [0.5, 0.6) is 0 Å². The van der Waals surface area contributed by atoms with E-state index in [-0.39, 0.29) is 18.9 Å². The Morgan fingerprint density at radius 3 is 2.43 bits per heavy atom. The van der Waals surface area contributed by atoms with Gasteiger partial charge in [0, 0.05) is 25.6 Å². The van der Waals surface area contributed by atoms with Crippen LogP contribution >= 0.6 is 0 Å². The number of carboxylic acids is 1. The molecule has 8 nitrogen and oxygen atoms in total. The number of nitrogens with zero attached hydrogens (tertiary/aromatic N) is 2. The van der Waals surface area contributed by atoms with Gasteiger partial charge in [-0.1, -0.05) is 6.92 Å². The molecule has 0 radical (unpaired) electrons. The molecule has 4 N–H and O–H groups in total. The number of primary amides is 1. The molecule has 2 unspecified atom stereocenters. The van der Waals surface area contributed by atoms with Crippen molar-refractivity contribution in [3.63, 3.8) is 0 Å². The fourth-order valence-electron chi connectivity index (χ4n) is 2.57. The molecular weight excluding hydrogens is 276 g/mol. The zero-order valence-electron chi connectivity index (χ0n) is 12.7. The first kappa shape index (κ1) is 17.2. The van der Waals surface area contributed by atoms with E-state index in [1.807, 2.05) is 14.1 Å². The second-order valence-corrected chi connectivity index (χ2v) is 5.76. The van der Waals surface area contributed by atoms with Gasteiger partial charge in [0.05, 0.1) is 0 Å². The van der Waals surface area contributed by atoms with Gasteiger partial charge in [-0.25, -0.2) is 9.59 Å². The number of nitrogens with one attached hydrogen (secondary N) is 1. The Bertz CT molecular complexity index is 413. The van der Waals surface area contributed by atoms with Crippen molar-refractivity contribution in [3.05, 3.63) is 0 Å². The van der Waals surface area contributed by atoms with Gasteiger partial charge in [0.1, 0.15) is 6.04 Å². The van der Waals surface area contributed by atoms with E-state index < -0.39 is 23.9 Å². The van der Waals surface area contributed by atoms with Gasteiger partial charge in [0.25, 0.3) is 0 Å². The van der Waals surface area contributed by atoms with Crippen molar-refractivity contribution in [2.45, 2.75) is 31.8 Å². The van der Waals surface area contributed by atoms with E-state index in [0.717, 1.165) is 0 Å². The Hall–Kier alpha value is -1.83. The molecule has 0 bridgehead atoms. The summed E-state index contributed by atoms with van der Waals surface area (Å²) in [5.74, 6) is -1.43. The third-order valence-electron chi connectivity index (χ3n) is 3.80. The summed E-state index contributed by atoms with van der Waals surface area (Å²) in [5.41, 5.74) is 5.00. The van der Waals surface area contributed by atoms with Gasteiger partial charge in [0.2, 0.25) is 5.91 Å². The van der Waals surface area contributed by atoms with Crippen LogP contribution in [0.2, 0.25) is 0 Å². The molecule has 120 valence electrons. The summed E-state index contributed by atoms with van der Waals surface area (Å²) < 4.78 is 0. The van der Waals surface area contributed by atoms with Crippen molar-refractivity contribution in [3.8, 4) is 0 Å². The van der Waals surface area contributed by atoms with Gasteiger partial charge in [-0.15, -0.1) is 0 Å². The van der Waals surface area contributed by atoms with Crippen molar-refractivity contribution >= 4 is 17.9 Å². The van der Waals surface area contributed by atoms with Crippen LogP contribution in [0.15, 0.2) is 0 Å². The largest absolute Gasteiger partial charge is 0.480 e. The zero-order chi connectivity index (χ0) is 16.2. The quantitative estimate of drug-likeness (QED) is 0.599. The molecule has 1 aliphatic heterocycles. The molecule has 0 saturated carbocycles. The maximum absolute atomic E-state index is 12.1. The summed E-state index contributed by atoms with van der Waals surface area (Å²) in [4.78, 5) is 37.6. The second-order valence-electron chi connectivity index (χ2n) is 5.76. The lowest BCUT2D eigenvalue weighted by Gasteiger charge is -2.23. The fourth-order valence-corrected chi connectivity index (χ4v) is 2.57. The lowest BCUT2D eigenvalue weighted by Crippen LogP contribution is -2.48. The first-order chi connectivity index (χ1) is 9.72. The van der Waals surface area contributed by atoms with Crippen molar-refractivity contribution in [2.24, 2.45) is 11.7 Å². The maximum Gasteiger partial charge on any atom is 0.326 e. The topological polar surface area (TPSA) is 116 Å². The van der Waals surface area contributed by atoms with E-state index in [2.05, 4.69) is 17.1 Å². The number of aliphatic carboxylic acids is 1. The van der Waals surface area contributed by atoms with Gasteiger partial charge in [-0.2, -0.15) is 0 Å². The Labute approximate surface area is 124 Å². The summed E-state index contributed by atoms with van der Waals surface area (Å²) in [6, 6.07) is -1.26. The normalized spacial score (nSPS) is 23.1. The number of carbonyl (C=O) groups is 3. The van der Waals surface area contributed by atoms with Gasteiger partial charge in [0.15, 0.2) is 0 Å². The average molecular weight is 300 g/mol. The van der Waals surface area contributed by atoms with E-state index in [1.54, 1.807) is 4.90 Å². The van der Waals surface area contributed by atoms with Crippen LogP contribution in [-0.2, 0) is 9.59 Å². The van der Waals surface area contributed by atoms with Crippen LogP contribution in [0, 0.1) is 5.92 Å². The average Bonchev–Trinajstić information content (AvgIpc) is 2.75. The zero-order valence-corrected chi connectivity index (χ0v) is 12.7. The smallest absolute Gasteiger partial charge is 0.326 e. The summed E-state index contributed by atoms with van der Waals surface area (Å²) >= 11 is 0. The molecule has 3 atom stereocenters. The highest BCUT2D eigenvalue weighted by atomic mass is 16.4. The van der Waals surface area contributed by atoms with Crippen molar-refractivity contribution < 1.29 is 19.5 Å². The Balaban J connectivity index is 2.58. The van der Waals surface area contributed by atoms with Crippen LogP contribution in [-0.4, -0.2) is 72.1 Å². The predicted molar refractivity (Wildman–Crippen MR) is 76.6 cm³/mol. The predicted octanol–water partition coefficient (Wildman–Crippen LogP) is -0.703. The third-order valence-corrected chi connectivity index (χ3v) is 3.80. The standard InChI is InChI=1S/C13H24N4O4/c1-8-6-17(7-10(8)16(2)3)13(21)15-9(12(19)20)4-5-11(14)18/h8-10H,4-7H2,1-3H3,(H2,14,18)(H,15,21)(H,19,20)/t8?,9-,10?/m0/s1. The molecule has 0 spiro atoms. The first-order valence-electron chi connectivity index (χ1n) is 6.95. The molecule has 8 heteroatoms. The summed E-state index contributed by atoms with van der Waals surface area (Å²) in [6.45, 7) is 3.19. The van der Waals surface area contributed by atoms with Crippen LogP contribution in [0.4, 0.5) is 4.79 Å². The van der Waals surface area contributed by atoms with E-state index in [9.17, 15) is 14.4 Å². The van der Waals surface area contributed by atoms with E-state index >= 15 is 0 Å². The number of nitrogens with two attached hydrogens (primary N) is 1. The highest BCUT2D eigenvalue weighted by molar-refractivity contribution is 5.83. The molecule has 1 saturated heterocycles. The number of likely N-dealkylation sites (tertiary alicyclic amines) is 1. The van der Waals surface area contributed by atoms with Crippen LogP contribution in [0.1, 0.15) is 19.8 Å². The van der Waals surface area contributed by atoms with E-state index in [0.29, 0.717) is 19.0 Å².